The number of hydrogen-bond donors (Lipinski definition) is 1. The number of anilines is 1. The van der Waals surface area contributed by atoms with Gasteiger partial charge in [0.15, 0.2) is 0 Å². The molecule has 1 atom stereocenters. The van der Waals surface area contributed by atoms with Crippen molar-refractivity contribution in [1.29, 1.82) is 0 Å². The molecule has 94 valence electrons. The lowest BCUT2D eigenvalue weighted by Crippen LogP contribution is -2.12. The fourth-order valence-corrected chi connectivity index (χ4v) is 1.83. The summed E-state index contributed by atoms with van der Waals surface area (Å²) in [6.45, 7) is 6.27. The maximum Gasteiger partial charge on any atom is 0.203 e. The molecule has 18 heavy (non-hydrogen) atoms. The molecule has 0 fully saturated rings. The van der Waals surface area contributed by atoms with Gasteiger partial charge in [0.25, 0.3) is 0 Å². The molecule has 1 heterocycles. The Morgan fingerprint density at radius 2 is 2.28 bits per heavy atom. The van der Waals surface area contributed by atoms with Crippen molar-refractivity contribution in [3.8, 4) is 0 Å². The van der Waals surface area contributed by atoms with Crippen LogP contribution in [0.15, 0.2) is 49.3 Å². The van der Waals surface area contributed by atoms with Crippen LogP contribution >= 0.6 is 0 Å². The minimum Gasteiger partial charge on any atom is -0.349 e. The lowest BCUT2D eigenvalue weighted by molar-refractivity contribution is 0.598. The van der Waals surface area contributed by atoms with Crippen LogP contribution in [0, 0.1) is 5.82 Å². The first-order chi connectivity index (χ1) is 8.72. The summed E-state index contributed by atoms with van der Waals surface area (Å²) in [6, 6.07) is 6.60. The number of imidazole rings is 1. The first-order valence-electron chi connectivity index (χ1n) is 5.85. The highest BCUT2D eigenvalue weighted by Gasteiger charge is 2.12. The molecular weight excluding hydrogens is 229 g/mol. The highest BCUT2D eigenvalue weighted by molar-refractivity contribution is 5.33. The van der Waals surface area contributed by atoms with E-state index in [2.05, 4.69) is 16.9 Å². The van der Waals surface area contributed by atoms with E-state index >= 15 is 0 Å². The van der Waals surface area contributed by atoms with Gasteiger partial charge in [-0.05, 0) is 13.0 Å². The second-order valence-corrected chi connectivity index (χ2v) is 4.08. The summed E-state index contributed by atoms with van der Waals surface area (Å²) in [5, 5.41) is 3.20. The molecule has 0 saturated heterocycles. The quantitative estimate of drug-likeness (QED) is 0.818. The van der Waals surface area contributed by atoms with Crippen LogP contribution in [0.2, 0.25) is 0 Å². The van der Waals surface area contributed by atoms with Crippen molar-refractivity contribution in [1.82, 2.24) is 9.55 Å². The molecule has 0 bridgehead atoms. The average Bonchev–Trinajstić information content (AvgIpc) is 2.78. The zero-order valence-electron chi connectivity index (χ0n) is 10.3. The summed E-state index contributed by atoms with van der Waals surface area (Å²) in [4.78, 5) is 4.21. The molecule has 0 spiro atoms. The molecular formula is C14H16FN3. The fraction of sp³-hybridized carbons (Fsp3) is 0.214. The number of nitrogens with zero attached hydrogens (tertiary/aromatic N) is 2. The number of halogens is 1. The number of rotatable bonds is 5. The Labute approximate surface area is 106 Å². The van der Waals surface area contributed by atoms with E-state index in [-0.39, 0.29) is 11.9 Å². The zero-order valence-corrected chi connectivity index (χ0v) is 10.3. The number of aromatic nitrogens is 2. The Balaban J connectivity index is 2.16. The third-order valence-electron chi connectivity index (χ3n) is 2.76. The summed E-state index contributed by atoms with van der Waals surface area (Å²) in [5.41, 5.74) is 0.630. The summed E-state index contributed by atoms with van der Waals surface area (Å²) in [7, 11) is 0. The largest absolute Gasteiger partial charge is 0.349 e. The molecule has 0 amide bonds. The smallest absolute Gasteiger partial charge is 0.203 e. The van der Waals surface area contributed by atoms with Gasteiger partial charge in [-0.2, -0.15) is 0 Å². The Morgan fingerprint density at radius 3 is 3.00 bits per heavy atom. The van der Waals surface area contributed by atoms with Crippen molar-refractivity contribution in [2.45, 2.75) is 19.5 Å². The second-order valence-electron chi connectivity index (χ2n) is 4.08. The lowest BCUT2D eigenvalue weighted by Gasteiger charge is -2.16. The van der Waals surface area contributed by atoms with E-state index in [9.17, 15) is 4.39 Å². The predicted molar refractivity (Wildman–Crippen MR) is 70.9 cm³/mol. The van der Waals surface area contributed by atoms with E-state index in [4.69, 9.17) is 0 Å². The molecule has 3 nitrogen and oxygen atoms in total. The van der Waals surface area contributed by atoms with Crippen molar-refractivity contribution >= 4 is 5.95 Å². The first kappa shape index (κ1) is 12.4. The van der Waals surface area contributed by atoms with Gasteiger partial charge in [0.05, 0.1) is 6.04 Å². The number of hydrogen-bond acceptors (Lipinski definition) is 2. The van der Waals surface area contributed by atoms with Gasteiger partial charge in [-0.25, -0.2) is 9.37 Å². The molecule has 2 rings (SSSR count). The molecule has 0 aliphatic heterocycles. The number of allylic oxidation sites excluding steroid dienone is 1. The Kier molecular flexibility index (Phi) is 3.77. The molecule has 0 radical (unpaired) electrons. The summed E-state index contributed by atoms with van der Waals surface area (Å²) >= 11 is 0. The predicted octanol–water partition coefficient (Wildman–Crippen LogP) is 3.38. The molecule has 1 unspecified atom stereocenters. The third-order valence-corrected chi connectivity index (χ3v) is 2.76. The van der Waals surface area contributed by atoms with Gasteiger partial charge in [-0.3, -0.25) is 0 Å². The van der Waals surface area contributed by atoms with Crippen molar-refractivity contribution in [2.24, 2.45) is 0 Å². The Hall–Kier alpha value is -2.10. The maximum absolute atomic E-state index is 13.6. The lowest BCUT2D eigenvalue weighted by atomic mass is 10.1. The van der Waals surface area contributed by atoms with Crippen molar-refractivity contribution in [3.63, 3.8) is 0 Å². The molecule has 0 aliphatic carbocycles. The Bertz CT molecular complexity index is 533. The normalized spacial score (nSPS) is 12.1. The van der Waals surface area contributed by atoms with Crippen LogP contribution in [0.4, 0.5) is 10.3 Å². The van der Waals surface area contributed by atoms with Gasteiger partial charge in [-0.15, -0.1) is 6.58 Å². The van der Waals surface area contributed by atoms with Gasteiger partial charge in [0.1, 0.15) is 5.82 Å². The van der Waals surface area contributed by atoms with Crippen LogP contribution in [0.5, 0.6) is 0 Å². The molecule has 1 aromatic heterocycles. The van der Waals surface area contributed by atoms with E-state index in [1.807, 2.05) is 23.8 Å². The zero-order chi connectivity index (χ0) is 13.0. The molecule has 1 aromatic carbocycles. The molecule has 0 saturated carbocycles. The van der Waals surface area contributed by atoms with Crippen LogP contribution in [0.3, 0.4) is 0 Å². The van der Waals surface area contributed by atoms with Crippen molar-refractivity contribution < 1.29 is 4.39 Å². The first-order valence-corrected chi connectivity index (χ1v) is 5.85. The Morgan fingerprint density at radius 1 is 1.50 bits per heavy atom. The van der Waals surface area contributed by atoms with E-state index < -0.39 is 0 Å². The maximum atomic E-state index is 13.6. The fourth-order valence-electron chi connectivity index (χ4n) is 1.83. The minimum atomic E-state index is -0.209. The molecule has 4 heteroatoms. The van der Waals surface area contributed by atoms with E-state index in [0.29, 0.717) is 18.1 Å². The number of benzene rings is 1. The van der Waals surface area contributed by atoms with Crippen LogP contribution in [0.1, 0.15) is 18.5 Å². The van der Waals surface area contributed by atoms with Crippen LogP contribution < -0.4 is 5.32 Å². The van der Waals surface area contributed by atoms with Gasteiger partial charge < -0.3 is 9.88 Å². The van der Waals surface area contributed by atoms with E-state index in [1.54, 1.807) is 24.4 Å². The molecule has 1 N–H and O–H groups in total. The summed E-state index contributed by atoms with van der Waals surface area (Å²) in [6.07, 6.45) is 5.36. The standard InChI is InChI=1S/C14H16FN3/c1-3-9-18-10-8-16-14(18)17-11(2)12-6-4-5-7-13(12)15/h3-8,10-11H,1,9H2,2H3,(H,16,17). The molecule has 2 aromatic rings. The highest BCUT2D eigenvalue weighted by Crippen LogP contribution is 2.20. The SMILES string of the molecule is C=CCn1ccnc1NC(C)c1ccccc1F. The van der Waals surface area contributed by atoms with Crippen LogP contribution in [0.25, 0.3) is 0 Å². The highest BCUT2D eigenvalue weighted by atomic mass is 19.1. The van der Waals surface area contributed by atoms with Crippen LogP contribution in [-0.4, -0.2) is 9.55 Å². The summed E-state index contributed by atoms with van der Waals surface area (Å²) < 4.78 is 15.6. The van der Waals surface area contributed by atoms with E-state index in [1.165, 1.54) is 6.07 Å². The summed E-state index contributed by atoms with van der Waals surface area (Å²) in [5.74, 6) is 0.505. The minimum absolute atomic E-state index is 0.142. The second kappa shape index (κ2) is 5.49. The van der Waals surface area contributed by atoms with Crippen molar-refractivity contribution in [2.75, 3.05) is 5.32 Å². The van der Waals surface area contributed by atoms with E-state index in [0.717, 1.165) is 0 Å². The monoisotopic (exact) mass is 245 g/mol. The van der Waals surface area contributed by atoms with Gasteiger partial charge in [0, 0.05) is 24.5 Å². The average molecular weight is 245 g/mol. The third kappa shape index (κ3) is 2.59. The van der Waals surface area contributed by atoms with Gasteiger partial charge >= 0.3 is 0 Å². The number of nitrogens with one attached hydrogen (secondary N) is 1. The van der Waals surface area contributed by atoms with Crippen LogP contribution in [-0.2, 0) is 6.54 Å². The molecule has 0 aliphatic rings. The topological polar surface area (TPSA) is 29.9 Å². The van der Waals surface area contributed by atoms with Crippen molar-refractivity contribution in [3.05, 3.63) is 60.7 Å². The van der Waals surface area contributed by atoms with Gasteiger partial charge in [0.2, 0.25) is 5.95 Å². The van der Waals surface area contributed by atoms with Gasteiger partial charge in [-0.1, -0.05) is 24.3 Å².